The molecule has 1 aliphatic rings. The summed E-state index contributed by atoms with van der Waals surface area (Å²) in [6, 6.07) is 7.73. The normalized spacial score (nSPS) is 17.6. The molecule has 0 saturated heterocycles. The highest BCUT2D eigenvalue weighted by Gasteiger charge is 2.21. The lowest BCUT2D eigenvalue weighted by Crippen LogP contribution is -2.18. The van der Waals surface area contributed by atoms with Gasteiger partial charge in [-0.2, -0.15) is 0 Å². The van der Waals surface area contributed by atoms with Crippen LogP contribution in [0, 0.1) is 17.8 Å². The van der Waals surface area contributed by atoms with E-state index in [2.05, 4.69) is 11.8 Å². The van der Waals surface area contributed by atoms with E-state index in [0.717, 1.165) is 16.2 Å². The van der Waals surface area contributed by atoms with Gasteiger partial charge in [0.05, 0.1) is 6.54 Å². The molecule has 0 aromatic heterocycles. The van der Waals surface area contributed by atoms with Gasteiger partial charge >= 0.3 is 0 Å². The Labute approximate surface area is 119 Å². The van der Waals surface area contributed by atoms with Gasteiger partial charge in [-0.15, -0.1) is 0 Å². The Morgan fingerprint density at radius 3 is 2.79 bits per heavy atom. The first-order valence-electron chi connectivity index (χ1n) is 6.97. The molecule has 0 amide bonds. The highest BCUT2D eigenvalue weighted by Crippen LogP contribution is 2.27. The summed E-state index contributed by atoms with van der Waals surface area (Å²) in [5, 5.41) is 0. The predicted octanol–water partition coefficient (Wildman–Crippen LogP) is 2.68. The highest BCUT2D eigenvalue weighted by atomic mass is 32.2. The summed E-state index contributed by atoms with van der Waals surface area (Å²) in [4.78, 5) is 0.898. The van der Waals surface area contributed by atoms with E-state index >= 15 is 0 Å². The summed E-state index contributed by atoms with van der Waals surface area (Å²) in [6.45, 7) is 0.357. The lowest BCUT2D eigenvalue weighted by atomic mass is 9.91. The van der Waals surface area contributed by atoms with Gasteiger partial charge in [0.1, 0.15) is 5.75 Å². The minimum absolute atomic E-state index is 0.357. The van der Waals surface area contributed by atoms with Crippen molar-refractivity contribution < 1.29 is 4.55 Å². The van der Waals surface area contributed by atoms with Crippen molar-refractivity contribution in [1.82, 2.24) is 0 Å². The molecule has 102 valence electrons. The molecule has 0 aliphatic heterocycles. The van der Waals surface area contributed by atoms with Gasteiger partial charge in [0.25, 0.3) is 0 Å². The Morgan fingerprint density at radius 1 is 1.26 bits per heavy atom. The molecule has 1 unspecified atom stereocenters. The van der Waals surface area contributed by atoms with Crippen molar-refractivity contribution in [2.24, 2.45) is 11.7 Å². The van der Waals surface area contributed by atoms with Gasteiger partial charge in [-0.1, -0.05) is 37.2 Å². The van der Waals surface area contributed by atoms with Crippen LogP contribution in [0.3, 0.4) is 0 Å². The Bertz CT molecular complexity index is 457. The molecule has 1 aromatic rings. The van der Waals surface area contributed by atoms with Crippen LogP contribution in [0.4, 0.5) is 0 Å². The smallest absolute Gasteiger partial charge is 0.153 e. The molecular formula is C16H21NOS. The quantitative estimate of drug-likeness (QED) is 0.681. The summed E-state index contributed by atoms with van der Waals surface area (Å²) in [5.74, 6) is 7.26. The SMILES string of the molecule is NCC#Cc1cccc([S+]([O-])CC2CCCCC2)c1. The average Bonchev–Trinajstić information content (AvgIpc) is 2.46. The topological polar surface area (TPSA) is 49.1 Å². The first-order valence-corrected chi connectivity index (χ1v) is 8.29. The third-order valence-electron chi connectivity index (χ3n) is 3.54. The van der Waals surface area contributed by atoms with E-state index in [1.54, 1.807) is 0 Å². The molecular weight excluding hydrogens is 254 g/mol. The molecule has 0 heterocycles. The maximum Gasteiger partial charge on any atom is 0.153 e. The van der Waals surface area contributed by atoms with Crippen molar-refractivity contribution in [3.05, 3.63) is 29.8 Å². The second-order valence-electron chi connectivity index (χ2n) is 5.05. The zero-order chi connectivity index (χ0) is 13.5. The average molecular weight is 275 g/mol. The summed E-state index contributed by atoms with van der Waals surface area (Å²) in [6.07, 6.45) is 6.40. The van der Waals surface area contributed by atoms with Crippen molar-refractivity contribution >= 4 is 11.2 Å². The number of nitrogens with two attached hydrogens (primary N) is 1. The van der Waals surface area contributed by atoms with Crippen molar-refractivity contribution in [2.75, 3.05) is 12.3 Å². The Hall–Kier alpha value is -0.950. The third kappa shape index (κ3) is 4.58. The molecule has 1 atom stereocenters. The first kappa shape index (κ1) is 14.5. The monoisotopic (exact) mass is 275 g/mol. The van der Waals surface area contributed by atoms with Crippen LogP contribution in [0.15, 0.2) is 29.2 Å². The standard InChI is InChI=1S/C16H21NOS/c17-11-5-9-14-8-4-10-16(12-14)19(18)13-15-6-2-1-3-7-15/h4,8,10,12,15H,1-3,6-7,11,13,17H2. The minimum atomic E-state index is -0.896. The van der Waals surface area contributed by atoms with Crippen LogP contribution in [0.5, 0.6) is 0 Å². The van der Waals surface area contributed by atoms with Gasteiger partial charge in [0.2, 0.25) is 0 Å². The summed E-state index contributed by atoms with van der Waals surface area (Å²) in [5.41, 5.74) is 6.27. The molecule has 2 rings (SSSR count). The molecule has 0 radical (unpaired) electrons. The van der Waals surface area contributed by atoms with Crippen LogP contribution >= 0.6 is 0 Å². The lowest BCUT2D eigenvalue weighted by molar-refractivity contribution is 0.385. The van der Waals surface area contributed by atoms with Crippen LogP contribution in [-0.2, 0) is 11.2 Å². The van der Waals surface area contributed by atoms with Crippen molar-refractivity contribution in [1.29, 1.82) is 0 Å². The Kier molecular flexibility index (Phi) is 5.78. The fraction of sp³-hybridized carbons (Fsp3) is 0.500. The van der Waals surface area contributed by atoms with Gasteiger partial charge in [0.15, 0.2) is 4.90 Å². The fourth-order valence-electron chi connectivity index (χ4n) is 2.53. The highest BCUT2D eigenvalue weighted by molar-refractivity contribution is 7.91. The van der Waals surface area contributed by atoms with Gasteiger partial charge in [0, 0.05) is 17.5 Å². The first-order chi connectivity index (χ1) is 9.29. The van der Waals surface area contributed by atoms with Crippen molar-refractivity contribution in [3.8, 4) is 11.8 Å². The predicted molar refractivity (Wildman–Crippen MR) is 80.2 cm³/mol. The second kappa shape index (κ2) is 7.59. The molecule has 0 bridgehead atoms. The third-order valence-corrected chi connectivity index (χ3v) is 5.10. The van der Waals surface area contributed by atoms with Gasteiger partial charge in [-0.3, -0.25) is 0 Å². The van der Waals surface area contributed by atoms with Crippen LogP contribution in [-0.4, -0.2) is 16.9 Å². The molecule has 1 aromatic carbocycles. The van der Waals surface area contributed by atoms with E-state index in [0.29, 0.717) is 12.5 Å². The Balaban J connectivity index is 1.99. The van der Waals surface area contributed by atoms with Gasteiger partial charge in [-0.25, -0.2) is 0 Å². The van der Waals surface area contributed by atoms with Crippen LogP contribution < -0.4 is 5.73 Å². The van der Waals surface area contributed by atoms with E-state index in [1.165, 1.54) is 32.1 Å². The lowest BCUT2D eigenvalue weighted by Gasteiger charge is -2.22. The molecule has 2 N–H and O–H groups in total. The summed E-state index contributed by atoms with van der Waals surface area (Å²) >= 11 is -0.896. The Morgan fingerprint density at radius 2 is 2.05 bits per heavy atom. The number of benzene rings is 1. The fourth-order valence-corrected chi connectivity index (χ4v) is 3.98. The molecule has 2 nitrogen and oxygen atoms in total. The van der Waals surface area contributed by atoms with Gasteiger partial charge in [-0.05, 0) is 36.2 Å². The zero-order valence-electron chi connectivity index (χ0n) is 11.2. The van der Waals surface area contributed by atoms with Crippen LogP contribution in [0.25, 0.3) is 0 Å². The van der Waals surface area contributed by atoms with E-state index in [4.69, 9.17) is 5.73 Å². The maximum atomic E-state index is 12.4. The molecule has 1 aliphatic carbocycles. The van der Waals surface area contributed by atoms with E-state index in [1.807, 2.05) is 24.3 Å². The number of rotatable bonds is 3. The number of hydrogen-bond donors (Lipinski definition) is 1. The van der Waals surface area contributed by atoms with Crippen molar-refractivity contribution in [2.45, 2.75) is 37.0 Å². The molecule has 1 fully saturated rings. The minimum Gasteiger partial charge on any atom is -0.611 e. The van der Waals surface area contributed by atoms with Crippen LogP contribution in [0.1, 0.15) is 37.7 Å². The zero-order valence-corrected chi connectivity index (χ0v) is 12.0. The molecule has 0 spiro atoms. The number of hydrogen-bond acceptors (Lipinski definition) is 2. The molecule has 3 heteroatoms. The largest absolute Gasteiger partial charge is 0.611 e. The summed E-state index contributed by atoms with van der Waals surface area (Å²) in [7, 11) is 0. The summed E-state index contributed by atoms with van der Waals surface area (Å²) < 4.78 is 12.4. The van der Waals surface area contributed by atoms with Crippen molar-refractivity contribution in [3.63, 3.8) is 0 Å². The maximum absolute atomic E-state index is 12.4. The molecule has 1 saturated carbocycles. The van der Waals surface area contributed by atoms with Crippen LogP contribution in [0.2, 0.25) is 0 Å². The van der Waals surface area contributed by atoms with E-state index in [-0.39, 0.29) is 0 Å². The second-order valence-corrected chi connectivity index (χ2v) is 6.55. The van der Waals surface area contributed by atoms with E-state index in [9.17, 15) is 4.55 Å². The van der Waals surface area contributed by atoms with E-state index < -0.39 is 11.2 Å². The molecule has 19 heavy (non-hydrogen) atoms. The van der Waals surface area contributed by atoms with Gasteiger partial charge < -0.3 is 10.3 Å².